The summed E-state index contributed by atoms with van der Waals surface area (Å²) in [6.45, 7) is 3.18. The zero-order valence-electron chi connectivity index (χ0n) is 9.11. The number of nitrogens with zero attached hydrogens (tertiary/aromatic N) is 2. The molecule has 1 saturated carbocycles. The Morgan fingerprint density at radius 1 is 1.47 bits per heavy atom. The second kappa shape index (κ2) is 3.12. The van der Waals surface area contributed by atoms with Crippen LogP contribution in [0.3, 0.4) is 0 Å². The Morgan fingerprint density at radius 3 is 2.93 bits per heavy atom. The standard InChI is InChI=1S/C12H17N3/c1-8-6-14-12(5-11(8)13)15-7-9-2-3-10(15)4-9/h5-6,9-10H,2-4,7H2,1H3,(H2,13,14). The molecule has 3 heteroatoms. The molecule has 2 heterocycles. The highest BCUT2D eigenvalue weighted by molar-refractivity contribution is 5.55. The van der Waals surface area contributed by atoms with Crippen molar-refractivity contribution < 1.29 is 0 Å². The molecule has 1 aromatic rings. The topological polar surface area (TPSA) is 42.2 Å². The molecular weight excluding hydrogens is 186 g/mol. The van der Waals surface area contributed by atoms with Crippen molar-refractivity contribution >= 4 is 11.5 Å². The molecule has 0 spiro atoms. The van der Waals surface area contributed by atoms with Crippen molar-refractivity contribution in [3.63, 3.8) is 0 Å². The number of pyridine rings is 1. The number of piperidine rings is 1. The lowest BCUT2D eigenvalue weighted by Gasteiger charge is -2.28. The number of nitrogens with two attached hydrogens (primary N) is 1. The number of anilines is 2. The molecule has 2 fully saturated rings. The first kappa shape index (κ1) is 9.01. The summed E-state index contributed by atoms with van der Waals surface area (Å²) < 4.78 is 0. The second-order valence-corrected chi connectivity index (χ2v) is 4.88. The third-order valence-electron chi connectivity index (χ3n) is 3.83. The normalized spacial score (nSPS) is 28.7. The molecule has 3 rings (SSSR count). The van der Waals surface area contributed by atoms with Crippen LogP contribution in [-0.2, 0) is 0 Å². The molecule has 2 N–H and O–H groups in total. The molecule has 0 amide bonds. The van der Waals surface area contributed by atoms with Crippen molar-refractivity contribution in [2.45, 2.75) is 32.2 Å². The summed E-state index contributed by atoms with van der Waals surface area (Å²) in [5.74, 6) is 1.98. The number of hydrogen-bond acceptors (Lipinski definition) is 3. The fourth-order valence-corrected chi connectivity index (χ4v) is 2.89. The van der Waals surface area contributed by atoms with Gasteiger partial charge in [-0.25, -0.2) is 4.98 Å². The lowest BCUT2D eigenvalue weighted by Crippen LogP contribution is -2.32. The predicted octanol–water partition coefficient (Wildman–Crippen LogP) is 1.96. The molecule has 2 bridgehead atoms. The van der Waals surface area contributed by atoms with Gasteiger partial charge in [0, 0.05) is 30.5 Å². The van der Waals surface area contributed by atoms with Crippen molar-refractivity contribution in [3.8, 4) is 0 Å². The van der Waals surface area contributed by atoms with Crippen molar-refractivity contribution in [1.29, 1.82) is 0 Å². The monoisotopic (exact) mass is 203 g/mol. The van der Waals surface area contributed by atoms with Crippen LogP contribution in [0.1, 0.15) is 24.8 Å². The fourth-order valence-electron chi connectivity index (χ4n) is 2.89. The Kier molecular flexibility index (Phi) is 1.87. The minimum Gasteiger partial charge on any atom is -0.398 e. The van der Waals surface area contributed by atoms with E-state index in [9.17, 15) is 0 Å². The quantitative estimate of drug-likeness (QED) is 0.758. The molecule has 2 atom stereocenters. The highest BCUT2D eigenvalue weighted by Crippen LogP contribution is 2.39. The van der Waals surface area contributed by atoms with Crippen LogP contribution < -0.4 is 10.6 Å². The minimum absolute atomic E-state index is 0.726. The average Bonchev–Trinajstić information content (AvgIpc) is 2.83. The number of nitrogen functional groups attached to an aromatic ring is 1. The maximum atomic E-state index is 5.92. The van der Waals surface area contributed by atoms with Gasteiger partial charge < -0.3 is 10.6 Å². The molecule has 15 heavy (non-hydrogen) atoms. The summed E-state index contributed by atoms with van der Waals surface area (Å²) >= 11 is 0. The van der Waals surface area contributed by atoms with E-state index in [0.717, 1.165) is 29.0 Å². The summed E-state index contributed by atoms with van der Waals surface area (Å²) in [6, 6.07) is 2.75. The van der Waals surface area contributed by atoms with Crippen LogP contribution in [0.5, 0.6) is 0 Å². The first-order valence-electron chi connectivity index (χ1n) is 5.73. The fraction of sp³-hybridized carbons (Fsp3) is 0.583. The Morgan fingerprint density at radius 2 is 2.33 bits per heavy atom. The molecule has 2 aliphatic rings. The van der Waals surface area contributed by atoms with Gasteiger partial charge in [-0.2, -0.15) is 0 Å². The summed E-state index contributed by atoms with van der Waals surface area (Å²) in [7, 11) is 0. The Balaban J connectivity index is 1.90. The van der Waals surface area contributed by atoms with Gasteiger partial charge in [-0.1, -0.05) is 0 Å². The first-order valence-corrected chi connectivity index (χ1v) is 5.73. The molecule has 0 radical (unpaired) electrons. The maximum Gasteiger partial charge on any atom is 0.130 e. The van der Waals surface area contributed by atoms with Gasteiger partial charge in [0.25, 0.3) is 0 Å². The zero-order chi connectivity index (χ0) is 10.4. The SMILES string of the molecule is Cc1cnc(N2CC3CCC2C3)cc1N. The van der Waals surface area contributed by atoms with E-state index in [4.69, 9.17) is 5.73 Å². The second-order valence-electron chi connectivity index (χ2n) is 4.88. The van der Waals surface area contributed by atoms with Crippen molar-refractivity contribution in [1.82, 2.24) is 4.98 Å². The van der Waals surface area contributed by atoms with Gasteiger partial charge in [-0.15, -0.1) is 0 Å². The maximum absolute atomic E-state index is 5.92. The summed E-state index contributed by atoms with van der Waals surface area (Å²) in [5.41, 5.74) is 7.86. The summed E-state index contributed by atoms with van der Waals surface area (Å²) in [4.78, 5) is 6.92. The predicted molar refractivity (Wildman–Crippen MR) is 61.9 cm³/mol. The van der Waals surface area contributed by atoms with E-state index >= 15 is 0 Å². The van der Waals surface area contributed by atoms with Crippen LogP contribution in [0.25, 0.3) is 0 Å². The van der Waals surface area contributed by atoms with E-state index in [0.29, 0.717) is 0 Å². The van der Waals surface area contributed by atoms with Gasteiger partial charge in [0.15, 0.2) is 0 Å². The third-order valence-corrected chi connectivity index (χ3v) is 3.83. The highest BCUT2D eigenvalue weighted by Gasteiger charge is 2.38. The summed E-state index contributed by atoms with van der Waals surface area (Å²) in [5, 5.41) is 0. The molecule has 80 valence electrons. The van der Waals surface area contributed by atoms with Crippen molar-refractivity contribution in [2.75, 3.05) is 17.2 Å². The van der Waals surface area contributed by atoms with Crippen LogP contribution in [0.15, 0.2) is 12.3 Å². The number of aryl methyl sites for hydroxylation is 1. The summed E-state index contributed by atoms with van der Waals surface area (Å²) in [6.07, 6.45) is 5.98. The van der Waals surface area contributed by atoms with E-state index in [1.807, 2.05) is 19.2 Å². The molecule has 3 nitrogen and oxygen atoms in total. The Hall–Kier alpha value is -1.25. The van der Waals surface area contributed by atoms with Crippen molar-refractivity contribution in [3.05, 3.63) is 17.8 Å². The average molecular weight is 203 g/mol. The van der Waals surface area contributed by atoms with Crippen LogP contribution in [-0.4, -0.2) is 17.6 Å². The van der Waals surface area contributed by atoms with Gasteiger partial charge >= 0.3 is 0 Å². The number of fused-ring (bicyclic) bond motifs is 2. The molecule has 1 aromatic heterocycles. The minimum atomic E-state index is 0.726. The van der Waals surface area contributed by atoms with Gasteiger partial charge in [-0.3, -0.25) is 0 Å². The van der Waals surface area contributed by atoms with Gasteiger partial charge in [-0.05, 0) is 37.7 Å². The first-order chi connectivity index (χ1) is 7.24. The lowest BCUT2D eigenvalue weighted by molar-refractivity contribution is 0.550. The molecule has 2 unspecified atom stereocenters. The van der Waals surface area contributed by atoms with E-state index in [1.165, 1.54) is 25.8 Å². The largest absolute Gasteiger partial charge is 0.398 e. The number of rotatable bonds is 1. The molecule has 1 saturated heterocycles. The van der Waals surface area contributed by atoms with Crippen LogP contribution in [0.4, 0.5) is 11.5 Å². The van der Waals surface area contributed by atoms with Crippen molar-refractivity contribution in [2.24, 2.45) is 5.92 Å². The Labute approximate surface area is 90.3 Å². The third kappa shape index (κ3) is 1.37. The van der Waals surface area contributed by atoms with Gasteiger partial charge in [0.05, 0.1) is 0 Å². The van der Waals surface area contributed by atoms with Crippen LogP contribution >= 0.6 is 0 Å². The van der Waals surface area contributed by atoms with Gasteiger partial charge in [0.2, 0.25) is 0 Å². The van der Waals surface area contributed by atoms with E-state index < -0.39 is 0 Å². The van der Waals surface area contributed by atoms with E-state index in [1.54, 1.807) is 0 Å². The van der Waals surface area contributed by atoms with E-state index in [-0.39, 0.29) is 0 Å². The molecular formula is C12H17N3. The molecule has 1 aliphatic heterocycles. The zero-order valence-corrected chi connectivity index (χ0v) is 9.11. The highest BCUT2D eigenvalue weighted by atomic mass is 15.2. The number of hydrogen-bond donors (Lipinski definition) is 1. The lowest BCUT2D eigenvalue weighted by atomic mass is 10.1. The Bertz CT molecular complexity index is 388. The molecule has 1 aliphatic carbocycles. The number of aromatic nitrogens is 1. The van der Waals surface area contributed by atoms with Crippen LogP contribution in [0.2, 0.25) is 0 Å². The van der Waals surface area contributed by atoms with E-state index in [2.05, 4.69) is 9.88 Å². The smallest absolute Gasteiger partial charge is 0.130 e. The van der Waals surface area contributed by atoms with Gasteiger partial charge in [0.1, 0.15) is 5.82 Å². The van der Waals surface area contributed by atoms with Crippen LogP contribution in [0, 0.1) is 12.8 Å². The molecule has 0 aromatic carbocycles.